The van der Waals surface area contributed by atoms with Crippen LogP contribution in [0.1, 0.15) is 33.1 Å². The molecule has 1 aliphatic rings. The zero-order valence-electron chi connectivity index (χ0n) is 11.6. The Bertz CT molecular complexity index is 320. The predicted octanol–water partition coefficient (Wildman–Crippen LogP) is 0.900. The molecule has 2 atom stereocenters. The molecule has 110 valence electrons. The number of amides is 2. The molecule has 0 aromatic heterocycles. The normalized spacial score (nSPS) is 21.3. The first-order chi connectivity index (χ1) is 8.93. The molecule has 0 bridgehead atoms. The average Bonchev–Trinajstić information content (AvgIpc) is 2.37. The second-order valence-electron chi connectivity index (χ2n) is 5.61. The molecule has 0 saturated carbocycles. The molecule has 1 saturated heterocycles. The summed E-state index contributed by atoms with van der Waals surface area (Å²) in [4.78, 5) is 24.7. The molecular formula is C13H24N2O4. The second kappa shape index (κ2) is 7.33. The quantitative estimate of drug-likeness (QED) is 0.693. The van der Waals surface area contributed by atoms with E-state index in [2.05, 4.69) is 5.32 Å². The first kappa shape index (κ1) is 15.8. The molecule has 1 fully saturated rings. The lowest BCUT2D eigenvalue weighted by Gasteiger charge is -2.32. The van der Waals surface area contributed by atoms with Gasteiger partial charge in [-0.2, -0.15) is 0 Å². The highest BCUT2D eigenvalue weighted by Crippen LogP contribution is 2.16. The van der Waals surface area contributed by atoms with Gasteiger partial charge in [0.15, 0.2) is 0 Å². The predicted molar refractivity (Wildman–Crippen MR) is 70.8 cm³/mol. The molecule has 0 radical (unpaired) electrons. The highest BCUT2D eigenvalue weighted by atomic mass is 16.4. The minimum atomic E-state index is -1.00. The van der Waals surface area contributed by atoms with Crippen molar-refractivity contribution in [2.45, 2.75) is 39.2 Å². The van der Waals surface area contributed by atoms with Crippen LogP contribution in [0.5, 0.6) is 0 Å². The third kappa shape index (κ3) is 5.06. The summed E-state index contributed by atoms with van der Waals surface area (Å²) < 4.78 is 0. The van der Waals surface area contributed by atoms with Crippen molar-refractivity contribution in [2.75, 3.05) is 19.7 Å². The van der Waals surface area contributed by atoms with Crippen molar-refractivity contribution in [3.8, 4) is 0 Å². The lowest BCUT2D eigenvalue weighted by molar-refractivity contribution is -0.139. The molecule has 1 unspecified atom stereocenters. The van der Waals surface area contributed by atoms with E-state index in [1.54, 1.807) is 4.90 Å². The van der Waals surface area contributed by atoms with Crippen molar-refractivity contribution in [3.05, 3.63) is 0 Å². The van der Waals surface area contributed by atoms with Crippen LogP contribution in [0.4, 0.5) is 4.79 Å². The Morgan fingerprint density at radius 1 is 1.42 bits per heavy atom. The number of carboxylic acid groups (broad SMARTS) is 1. The number of aliphatic hydroxyl groups is 1. The van der Waals surface area contributed by atoms with Gasteiger partial charge in [-0.3, -0.25) is 0 Å². The highest BCUT2D eigenvalue weighted by Gasteiger charge is 2.27. The fourth-order valence-corrected chi connectivity index (χ4v) is 2.33. The number of likely N-dealkylation sites (tertiary alicyclic amines) is 1. The number of nitrogens with zero attached hydrogens (tertiary/aromatic N) is 1. The van der Waals surface area contributed by atoms with Gasteiger partial charge >= 0.3 is 12.0 Å². The fourth-order valence-electron chi connectivity index (χ4n) is 2.33. The zero-order valence-corrected chi connectivity index (χ0v) is 11.6. The Hall–Kier alpha value is -1.30. The molecule has 2 amide bonds. The van der Waals surface area contributed by atoms with E-state index >= 15 is 0 Å². The van der Waals surface area contributed by atoms with Crippen LogP contribution in [0.3, 0.4) is 0 Å². The molecule has 1 aliphatic heterocycles. The number of aliphatic hydroxyl groups excluding tert-OH is 1. The summed E-state index contributed by atoms with van der Waals surface area (Å²) in [6.45, 7) is 5.03. The van der Waals surface area contributed by atoms with Crippen LogP contribution < -0.4 is 5.32 Å². The lowest BCUT2D eigenvalue weighted by atomic mass is 9.99. The van der Waals surface area contributed by atoms with Crippen molar-refractivity contribution in [1.82, 2.24) is 10.2 Å². The van der Waals surface area contributed by atoms with Crippen LogP contribution >= 0.6 is 0 Å². The molecule has 1 rings (SSSR count). The topological polar surface area (TPSA) is 89.9 Å². The molecule has 0 aliphatic carbocycles. The summed E-state index contributed by atoms with van der Waals surface area (Å²) >= 11 is 0. The van der Waals surface area contributed by atoms with E-state index in [0.717, 1.165) is 12.8 Å². The maximum absolute atomic E-state index is 12.0. The molecule has 0 aromatic carbocycles. The van der Waals surface area contributed by atoms with Crippen molar-refractivity contribution >= 4 is 12.0 Å². The Balaban J connectivity index is 2.53. The Labute approximate surface area is 113 Å². The number of nitrogens with one attached hydrogen (secondary N) is 1. The van der Waals surface area contributed by atoms with Gasteiger partial charge in [0.1, 0.15) is 6.04 Å². The van der Waals surface area contributed by atoms with E-state index in [0.29, 0.717) is 19.5 Å². The summed E-state index contributed by atoms with van der Waals surface area (Å²) in [6.07, 6.45) is 2.17. The van der Waals surface area contributed by atoms with Crippen LogP contribution in [0.25, 0.3) is 0 Å². The van der Waals surface area contributed by atoms with E-state index < -0.39 is 12.0 Å². The molecule has 0 aromatic rings. The third-order valence-electron chi connectivity index (χ3n) is 3.37. The number of piperidine rings is 1. The van der Waals surface area contributed by atoms with E-state index in [-0.39, 0.29) is 24.5 Å². The van der Waals surface area contributed by atoms with Crippen LogP contribution in [0.15, 0.2) is 0 Å². The first-order valence-corrected chi connectivity index (χ1v) is 6.83. The molecule has 0 spiro atoms. The van der Waals surface area contributed by atoms with Crippen LogP contribution in [-0.2, 0) is 4.79 Å². The maximum atomic E-state index is 12.0. The number of hydrogen-bond donors (Lipinski definition) is 3. The molecular weight excluding hydrogens is 248 g/mol. The van der Waals surface area contributed by atoms with Crippen molar-refractivity contribution in [3.63, 3.8) is 0 Å². The number of rotatable bonds is 5. The number of carbonyl (C=O) groups is 2. The summed E-state index contributed by atoms with van der Waals surface area (Å²) in [5.74, 6) is -0.696. The largest absolute Gasteiger partial charge is 0.480 e. The maximum Gasteiger partial charge on any atom is 0.326 e. The van der Waals surface area contributed by atoms with Gasteiger partial charge in [0, 0.05) is 19.7 Å². The standard InChI is InChI=1S/C13H24N2O4/c1-9(2)6-11(12(17)18)14-13(19)15-5-3-4-10(7-15)8-16/h9-11,16H,3-8H2,1-2H3,(H,14,19)(H,17,18)/t10?,11-/m0/s1. The number of carboxylic acids is 1. The number of carbonyl (C=O) groups excluding carboxylic acids is 1. The Morgan fingerprint density at radius 3 is 2.63 bits per heavy atom. The van der Waals surface area contributed by atoms with Crippen molar-refractivity contribution < 1.29 is 19.8 Å². The average molecular weight is 272 g/mol. The SMILES string of the molecule is CC(C)C[C@H](NC(=O)N1CCCC(CO)C1)C(=O)O. The second-order valence-corrected chi connectivity index (χ2v) is 5.61. The lowest BCUT2D eigenvalue weighted by Crippen LogP contribution is -2.51. The van der Waals surface area contributed by atoms with Gasteiger partial charge in [-0.15, -0.1) is 0 Å². The van der Waals surface area contributed by atoms with Gasteiger partial charge in [-0.1, -0.05) is 13.8 Å². The van der Waals surface area contributed by atoms with E-state index in [9.17, 15) is 9.59 Å². The summed E-state index contributed by atoms with van der Waals surface area (Å²) in [5, 5.41) is 20.8. The molecule has 19 heavy (non-hydrogen) atoms. The Kier molecular flexibility index (Phi) is 6.08. The molecule has 6 nitrogen and oxygen atoms in total. The van der Waals surface area contributed by atoms with Crippen molar-refractivity contribution in [2.24, 2.45) is 11.8 Å². The van der Waals surface area contributed by atoms with E-state index in [4.69, 9.17) is 10.2 Å². The van der Waals surface area contributed by atoms with Gasteiger partial charge in [0.2, 0.25) is 0 Å². The van der Waals surface area contributed by atoms with Gasteiger partial charge in [0.25, 0.3) is 0 Å². The van der Waals surface area contributed by atoms with Gasteiger partial charge in [-0.05, 0) is 31.1 Å². The molecule has 1 heterocycles. The fraction of sp³-hybridized carbons (Fsp3) is 0.846. The van der Waals surface area contributed by atoms with Crippen LogP contribution in [0, 0.1) is 11.8 Å². The minimum Gasteiger partial charge on any atom is -0.480 e. The Morgan fingerprint density at radius 2 is 2.11 bits per heavy atom. The number of aliphatic carboxylic acids is 1. The first-order valence-electron chi connectivity index (χ1n) is 6.83. The van der Waals surface area contributed by atoms with Crippen LogP contribution in [-0.4, -0.2) is 52.9 Å². The smallest absolute Gasteiger partial charge is 0.326 e. The van der Waals surface area contributed by atoms with Gasteiger partial charge in [0.05, 0.1) is 0 Å². The summed E-state index contributed by atoms with van der Waals surface area (Å²) in [6, 6.07) is -1.19. The molecule has 3 N–H and O–H groups in total. The minimum absolute atomic E-state index is 0.0676. The monoisotopic (exact) mass is 272 g/mol. The number of hydrogen-bond acceptors (Lipinski definition) is 3. The zero-order chi connectivity index (χ0) is 14.4. The third-order valence-corrected chi connectivity index (χ3v) is 3.37. The number of urea groups is 1. The van der Waals surface area contributed by atoms with Crippen molar-refractivity contribution in [1.29, 1.82) is 0 Å². The highest BCUT2D eigenvalue weighted by molar-refractivity contribution is 5.82. The summed E-state index contributed by atoms with van der Waals surface area (Å²) in [5.41, 5.74) is 0. The van der Waals surface area contributed by atoms with Gasteiger partial charge in [-0.25, -0.2) is 9.59 Å². The molecule has 6 heteroatoms. The van der Waals surface area contributed by atoms with E-state index in [1.165, 1.54) is 0 Å². The van der Waals surface area contributed by atoms with Crippen LogP contribution in [0.2, 0.25) is 0 Å². The summed E-state index contributed by atoms with van der Waals surface area (Å²) in [7, 11) is 0. The van der Waals surface area contributed by atoms with E-state index in [1.807, 2.05) is 13.8 Å². The van der Waals surface area contributed by atoms with Gasteiger partial charge < -0.3 is 20.4 Å².